The minimum Gasteiger partial charge on any atom is -0.480 e. The van der Waals surface area contributed by atoms with E-state index in [0.29, 0.717) is 0 Å². The fourth-order valence-electron chi connectivity index (χ4n) is 1.59. The summed E-state index contributed by atoms with van der Waals surface area (Å²) in [5.41, 5.74) is 0. The number of ether oxygens (including phenoxy) is 1. The number of hydrogen-bond acceptors (Lipinski definition) is 3. The maximum absolute atomic E-state index is 12.1. The quantitative estimate of drug-likeness (QED) is 0.752. The van der Waals surface area contributed by atoms with E-state index in [1.807, 2.05) is 0 Å². The highest BCUT2D eigenvalue weighted by atomic mass is 19.4. The van der Waals surface area contributed by atoms with Crippen LogP contribution >= 0.6 is 0 Å². The highest BCUT2D eigenvalue weighted by molar-refractivity contribution is 5.87. The van der Waals surface area contributed by atoms with Crippen LogP contribution in [-0.2, 0) is 14.3 Å². The molecule has 0 aromatic heterocycles. The van der Waals surface area contributed by atoms with Crippen molar-refractivity contribution in [1.29, 1.82) is 0 Å². The number of aliphatic carboxylic acids is 1. The second kappa shape index (κ2) is 4.28. The Morgan fingerprint density at radius 2 is 2.00 bits per heavy atom. The Balaban J connectivity index is 2.85. The van der Waals surface area contributed by atoms with E-state index in [0.717, 1.165) is 0 Å². The normalized spacial score (nSPS) is 25.9. The fourth-order valence-corrected chi connectivity index (χ4v) is 1.59. The molecule has 0 bridgehead atoms. The smallest absolute Gasteiger partial charge is 0.471 e. The van der Waals surface area contributed by atoms with Gasteiger partial charge in [-0.2, -0.15) is 13.2 Å². The number of carbonyl (C=O) groups excluding carboxylic acids is 1. The van der Waals surface area contributed by atoms with Crippen LogP contribution in [0, 0.1) is 0 Å². The van der Waals surface area contributed by atoms with E-state index in [4.69, 9.17) is 9.84 Å². The maximum atomic E-state index is 12.1. The van der Waals surface area contributed by atoms with Gasteiger partial charge in [0, 0.05) is 20.1 Å². The molecule has 2 atom stereocenters. The Bertz CT molecular complexity index is 304. The van der Waals surface area contributed by atoms with Gasteiger partial charge in [-0.3, -0.25) is 4.79 Å². The molecule has 1 aliphatic rings. The zero-order valence-corrected chi connectivity index (χ0v) is 8.32. The standard InChI is InChI=1S/C8H10F3NO4/c1-16-4-2-5(6(13)14)12(3-4)7(15)8(9,10)11/h4-5H,2-3H2,1H3,(H,13,14)/t4-,5+/m1/s1. The molecular weight excluding hydrogens is 231 g/mol. The van der Waals surface area contributed by atoms with E-state index in [1.165, 1.54) is 7.11 Å². The van der Waals surface area contributed by atoms with E-state index in [-0.39, 0.29) is 17.9 Å². The number of rotatable bonds is 2. The molecule has 1 fully saturated rings. The lowest BCUT2D eigenvalue weighted by atomic mass is 10.2. The summed E-state index contributed by atoms with van der Waals surface area (Å²) in [5, 5.41) is 8.69. The maximum Gasteiger partial charge on any atom is 0.471 e. The van der Waals surface area contributed by atoms with Crippen molar-refractivity contribution in [3.63, 3.8) is 0 Å². The molecule has 0 saturated carbocycles. The first kappa shape index (κ1) is 12.8. The van der Waals surface area contributed by atoms with Crippen LogP contribution < -0.4 is 0 Å². The van der Waals surface area contributed by atoms with Crippen LogP contribution in [0.5, 0.6) is 0 Å². The molecule has 0 aliphatic carbocycles. The number of likely N-dealkylation sites (tertiary alicyclic amines) is 1. The number of amides is 1. The fraction of sp³-hybridized carbons (Fsp3) is 0.750. The van der Waals surface area contributed by atoms with Crippen molar-refractivity contribution in [2.24, 2.45) is 0 Å². The van der Waals surface area contributed by atoms with Crippen LogP contribution in [0.4, 0.5) is 13.2 Å². The number of halogens is 3. The van der Waals surface area contributed by atoms with E-state index in [9.17, 15) is 22.8 Å². The molecule has 1 rings (SSSR count). The van der Waals surface area contributed by atoms with Gasteiger partial charge in [-0.15, -0.1) is 0 Å². The topological polar surface area (TPSA) is 66.8 Å². The molecule has 1 N–H and O–H groups in total. The molecule has 8 heteroatoms. The first-order valence-electron chi connectivity index (χ1n) is 4.40. The van der Waals surface area contributed by atoms with E-state index in [1.54, 1.807) is 0 Å². The molecule has 1 saturated heterocycles. The van der Waals surface area contributed by atoms with Gasteiger partial charge < -0.3 is 14.7 Å². The van der Waals surface area contributed by atoms with Crippen molar-refractivity contribution in [3.05, 3.63) is 0 Å². The number of carbonyl (C=O) groups is 2. The molecule has 0 aromatic carbocycles. The van der Waals surface area contributed by atoms with Crippen LogP contribution in [0.3, 0.4) is 0 Å². The Morgan fingerprint density at radius 3 is 2.38 bits per heavy atom. The first-order chi connectivity index (χ1) is 7.27. The van der Waals surface area contributed by atoms with Crippen molar-refractivity contribution < 1.29 is 32.6 Å². The number of carboxylic acids is 1. The van der Waals surface area contributed by atoms with Crippen LogP contribution in [0.2, 0.25) is 0 Å². The number of methoxy groups -OCH3 is 1. The second-order valence-corrected chi connectivity index (χ2v) is 3.40. The lowest BCUT2D eigenvalue weighted by Crippen LogP contribution is -2.47. The largest absolute Gasteiger partial charge is 0.480 e. The van der Waals surface area contributed by atoms with Gasteiger partial charge in [0.25, 0.3) is 0 Å². The van der Waals surface area contributed by atoms with Gasteiger partial charge in [0.1, 0.15) is 6.04 Å². The summed E-state index contributed by atoms with van der Waals surface area (Å²) >= 11 is 0. The van der Waals surface area contributed by atoms with Gasteiger partial charge in [-0.25, -0.2) is 4.79 Å². The van der Waals surface area contributed by atoms with E-state index in [2.05, 4.69) is 0 Å². The zero-order chi connectivity index (χ0) is 12.5. The monoisotopic (exact) mass is 241 g/mol. The van der Waals surface area contributed by atoms with Crippen molar-refractivity contribution in [1.82, 2.24) is 4.90 Å². The van der Waals surface area contributed by atoms with Crippen molar-refractivity contribution >= 4 is 11.9 Å². The van der Waals surface area contributed by atoms with Crippen molar-refractivity contribution in [2.75, 3.05) is 13.7 Å². The minimum absolute atomic E-state index is 0.131. The molecule has 1 amide bonds. The Labute approximate surface area is 88.8 Å². The Kier molecular flexibility index (Phi) is 3.41. The predicted molar refractivity (Wildman–Crippen MR) is 44.6 cm³/mol. The molecule has 1 heterocycles. The molecule has 0 radical (unpaired) electrons. The third kappa shape index (κ3) is 2.43. The van der Waals surface area contributed by atoms with Crippen LogP contribution in [-0.4, -0.2) is 53.9 Å². The molecule has 1 aliphatic heterocycles. The Morgan fingerprint density at radius 1 is 1.44 bits per heavy atom. The number of alkyl halides is 3. The van der Waals surface area contributed by atoms with Gasteiger partial charge >= 0.3 is 18.1 Å². The van der Waals surface area contributed by atoms with Crippen molar-refractivity contribution in [3.8, 4) is 0 Å². The summed E-state index contributed by atoms with van der Waals surface area (Å²) < 4.78 is 41.2. The van der Waals surface area contributed by atoms with E-state index >= 15 is 0 Å². The summed E-state index contributed by atoms with van der Waals surface area (Å²) in [6, 6.07) is -1.47. The van der Waals surface area contributed by atoms with Gasteiger partial charge in [-0.1, -0.05) is 0 Å². The first-order valence-corrected chi connectivity index (χ1v) is 4.40. The third-order valence-electron chi connectivity index (χ3n) is 2.38. The third-order valence-corrected chi connectivity index (χ3v) is 2.38. The van der Waals surface area contributed by atoms with Crippen LogP contribution in [0.1, 0.15) is 6.42 Å². The van der Waals surface area contributed by atoms with Gasteiger partial charge in [0.05, 0.1) is 6.10 Å². The molecule has 16 heavy (non-hydrogen) atoms. The SMILES string of the molecule is CO[C@@H]1C[C@@H](C(=O)O)N(C(=O)C(F)(F)F)C1. The predicted octanol–water partition coefficient (Wildman–Crippen LogP) is 0.249. The molecule has 5 nitrogen and oxygen atoms in total. The zero-order valence-electron chi connectivity index (χ0n) is 8.32. The summed E-state index contributed by atoms with van der Waals surface area (Å²) in [6.45, 7) is -0.355. The highest BCUT2D eigenvalue weighted by Gasteiger charge is 2.50. The second-order valence-electron chi connectivity index (χ2n) is 3.40. The molecule has 0 unspecified atom stereocenters. The summed E-state index contributed by atoms with van der Waals surface area (Å²) in [7, 11) is 1.26. The Hall–Kier alpha value is -1.31. The van der Waals surface area contributed by atoms with E-state index < -0.39 is 30.2 Å². The lowest BCUT2D eigenvalue weighted by molar-refractivity contribution is -0.188. The summed E-state index contributed by atoms with van der Waals surface area (Å²) in [4.78, 5) is 21.9. The number of hydrogen-bond donors (Lipinski definition) is 1. The number of nitrogens with zero attached hydrogens (tertiary/aromatic N) is 1. The van der Waals surface area contributed by atoms with Gasteiger partial charge in [0.15, 0.2) is 0 Å². The minimum atomic E-state index is -5.06. The highest BCUT2D eigenvalue weighted by Crippen LogP contribution is 2.26. The van der Waals surface area contributed by atoms with Crippen LogP contribution in [0.25, 0.3) is 0 Å². The molecular formula is C8H10F3NO4. The average Bonchev–Trinajstić information content (AvgIpc) is 2.58. The average molecular weight is 241 g/mol. The number of carboxylic acid groups (broad SMARTS) is 1. The molecule has 0 spiro atoms. The summed E-state index contributed by atoms with van der Waals surface area (Å²) in [6.07, 6.45) is -5.86. The van der Waals surface area contributed by atoms with Gasteiger partial charge in [0.2, 0.25) is 0 Å². The van der Waals surface area contributed by atoms with Crippen molar-refractivity contribution in [2.45, 2.75) is 24.7 Å². The van der Waals surface area contributed by atoms with Crippen LogP contribution in [0.15, 0.2) is 0 Å². The van der Waals surface area contributed by atoms with Gasteiger partial charge in [-0.05, 0) is 0 Å². The lowest BCUT2D eigenvalue weighted by Gasteiger charge is -2.22. The summed E-state index contributed by atoms with van der Waals surface area (Å²) in [5.74, 6) is -3.60. The molecule has 92 valence electrons. The molecule has 0 aromatic rings.